The SMILES string of the molecule is COc1ccc(-c2cnc(N)nc2[C@@H]2CCCN(Cc3cccnc3)C2)cc1. The smallest absolute Gasteiger partial charge is 0.220 e. The van der Waals surface area contributed by atoms with E-state index in [0.29, 0.717) is 11.9 Å². The van der Waals surface area contributed by atoms with Crippen molar-refractivity contribution in [1.29, 1.82) is 0 Å². The van der Waals surface area contributed by atoms with Gasteiger partial charge < -0.3 is 10.5 Å². The number of hydrogen-bond donors (Lipinski definition) is 1. The van der Waals surface area contributed by atoms with E-state index < -0.39 is 0 Å². The average Bonchev–Trinajstić information content (AvgIpc) is 2.75. The Balaban J connectivity index is 1.59. The maximum atomic E-state index is 5.95. The number of ether oxygens (including phenoxy) is 1. The number of nitrogens with two attached hydrogens (primary N) is 1. The first-order chi connectivity index (χ1) is 13.7. The number of aromatic nitrogens is 3. The first kappa shape index (κ1) is 18.4. The number of rotatable bonds is 5. The largest absolute Gasteiger partial charge is 0.497 e. The third-order valence-corrected chi connectivity index (χ3v) is 5.26. The van der Waals surface area contributed by atoms with Gasteiger partial charge in [-0.1, -0.05) is 18.2 Å². The Morgan fingerprint density at radius 2 is 2.04 bits per heavy atom. The van der Waals surface area contributed by atoms with Crippen LogP contribution in [-0.2, 0) is 6.54 Å². The van der Waals surface area contributed by atoms with Gasteiger partial charge in [-0.25, -0.2) is 9.97 Å². The summed E-state index contributed by atoms with van der Waals surface area (Å²) in [4.78, 5) is 15.6. The van der Waals surface area contributed by atoms with Gasteiger partial charge in [0.15, 0.2) is 0 Å². The van der Waals surface area contributed by atoms with Crippen molar-refractivity contribution in [2.45, 2.75) is 25.3 Å². The van der Waals surface area contributed by atoms with E-state index in [1.807, 2.05) is 48.9 Å². The molecule has 2 N–H and O–H groups in total. The van der Waals surface area contributed by atoms with E-state index in [-0.39, 0.29) is 0 Å². The Morgan fingerprint density at radius 1 is 1.18 bits per heavy atom. The lowest BCUT2D eigenvalue weighted by Gasteiger charge is -2.33. The van der Waals surface area contributed by atoms with Gasteiger partial charge in [0, 0.05) is 43.2 Å². The van der Waals surface area contributed by atoms with Gasteiger partial charge in [-0.3, -0.25) is 9.88 Å². The highest BCUT2D eigenvalue weighted by Crippen LogP contribution is 2.34. The van der Waals surface area contributed by atoms with Gasteiger partial charge in [-0.15, -0.1) is 0 Å². The normalized spacial score (nSPS) is 17.4. The van der Waals surface area contributed by atoms with E-state index in [9.17, 15) is 0 Å². The summed E-state index contributed by atoms with van der Waals surface area (Å²) >= 11 is 0. The summed E-state index contributed by atoms with van der Waals surface area (Å²) in [6.07, 6.45) is 7.84. The molecule has 0 saturated carbocycles. The van der Waals surface area contributed by atoms with E-state index in [2.05, 4.69) is 25.9 Å². The van der Waals surface area contributed by atoms with Gasteiger partial charge in [0.1, 0.15) is 5.75 Å². The summed E-state index contributed by atoms with van der Waals surface area (Å²) in [5.74, 6) is 1.49. The number of nitrogens with zero attached hydrogens (tertiary/aromatic N) is 4. The molecule has 3 heterocycles. The number of anilines is 1. The topological polar surface area (TPSA) is 77.2 Å². The molecule has 144 valence electrons. The van der Waals surface area contributed by atoms with E-state index in [4.69, 9.17) is 10.5 Å². The van der Waals surface area contributed by atoms with Crippen molar-refractivity contribution in [2.24, 2.45) is 0 Å². The molecule has 1 aliphatic heterocycles. The fraction of sp³-hybridized carbons (Fsp3) is 0.318. The lowest BCUT2D eigenvalue weighted by atomic mass is 9.89. The average molecular weight is 375 g/mol. The minimum Gasteiger partial charge on any atom is -0.497 e. The number of benzene rings is 1. The number of pyridine rings is 1. The number of methoxy groups -OCH3 is 1. The van der Waals surface area contributed by atoms with Crippen LogP contribution in [0.4, 0.5) is 5.95 Å². The number of piperidine rings is 1. The molecule has 3 aromatic rings. The molecule has 28 heavy (non-hydrogen) atoms. The van der Waals surface area contributed by atoms with E-state index >= 15 is 0 Å². The van der Waals surface area contributed by atoms with Crippen molar-refractivity contribution in [1.82, 2.24) is 19.9 Å². The van der Waals surface area contributed by atoms with Crippen LogP contribution in [0.2, 0.25) is 0 Å². The van der Waals surface area contributed by atoms with Crippen molar-refractivity contribution in [3.05, 3.63) is 66.2 Å². The molecular weight excluding hydrogens is 350 g/mol. The fourth-order valence-electron chi connectivity index (χ4n) is 3.89. The first-order valence-corrected chi connectivity index (χ1v) is 9.61. The number of hydrogen-bond acceptors (Lipinski definition) is 6. The van der Waals surface area contributed by atoms with Gasteiger partial charge in [-0.2, -0.15) is 0 Å². The van der Waals surface area contributed by atoms with Crippen molar-refractivity contribution >= 4 is 5.95 Å². The van der Waals surface area contributed by atoms with E-state index in [0.717, 1.165) is 55.0 Å². The molecule has 6 nitrogen and oxygen atoms in total. The Hall–Kier alpha value is -2.99. The highest BCUT2D eigenvalue weighted by molar-refractivity contribution is 5.67. The molecule has 1 saturated heterocycles. The molecule has 1 aromatic carbocycles. The molecule has 0 radical (unpaired) electrons. The molecule has 2 aromatic heterocycles. The Labute approximate surface area is 165 Å². The maximum Gasteiger partial charge on any atom is 0.220 e. The second-order valence-electron chi connectivity index (χ2n) is 7.19. The molecule has 0 amide bonds. The minimum atomic E-state index is 0.327. The van der Waals surface area contributed by atoms with Gasteiger partial charge in [0.05, 0.1) is 12.8 Å². The summed E-state index contributed by atoms with van der Waals surface area (Å²) in [6.45, 7) is 2.95. The standard InChI is InChI=1S/C22H25N5O/c1-28-19-8-6-17(7-9-19)20-13-25-22(23)26-21(20)18-5-3-11-27(15-18)14-16-4-2-10-24-12-16/h2,4,6-10,12-13,18H,3,5,11,14-15H2,1H3,(H2,23,25,26)/t18-/m1/s1. The van der Waals surface area contributed by atoms with Crippen molar-refractivity contribution < 1.29 is 4.74 Å². The number of nitrogen functional groups attached to an aromatic ring is 1. The van der Waals surface area contributed by atoms with Crippen LogP contribution in [0.5, 0.6) is 5.75 Å². The molecule has 1 atom stereocenters. The quantitative estimate of drug-likeness (QED) is 0.735. The van der Waals surface area contributed by atoms with Gasteiger partial charge >= 0.3 is 0 Å². The molecule has 4 rings (SSSR count). The van der Waals surface area contributed by atoms with Crippen LogP contribution in [0.1, 0.15) is 30.0 Å². The van der Waals surface area contributed by atoms with E-state index in [1.54, 1.807) is 7.11 Å². The molecular formula is C22H25N5O. The van der Waals surface area contributed by atoms with Crippen LogP contribution < -0.4 is 10.5 Å². The zero-order valence-electron chi connectivity index (χ0n) is 16.1. The van der Waals surface area contributed by atoms with Crippen LogP contribution in [0.3, 0.4) is 0 Å². The van der Waals surface area contributed by atoms with Gasteiger partial charge in [0.2, 0.25) is 5.95 Å². The highest BCUT2D eigenvalue weighted by Gasteiger charge is 2.25. The molecule has 6 heteroatoms. The van der Waals surface area contributed by atoms with Crippen LogP contribution in [-0.4, -0.2) is 40.1 Å². The molecule has 1 aliphatic rings. The first-order valence-electron chi connectivity index (χ1n) is 9.61. The monoisotopic (exact) mass is 375 g/mol. The third-order valence-electron chi connectivity index (χ3n) is 5.26. The lowest BCUT2D eigenvalue weighted by molar-refractivity contribution is 0.198. The second-order valence-corrected chi connectivity index (χ2v) is 7.19. The summed E-state index contributed by atoms with van der Waals surface area (Å²) in [6, 6.07) is 12.1. The zero-order valence-corrected chi connectivity index (χ0v) is 16.1. The van der Waals surface area contributed by atoms with Crippen LogP contribution in [0.15, 0.2) is 55.0 Å². The van der Waals surface area contributed by atoms with Crippen LogP contribution in [0.25, 0.3) is 11.1 Å². The summed E-state index contributed by atoms with van der Waals surface area (Å²) in [5.41, 5.74) is 10.4. The van der Waals surface area contributed by atoms with Crippen LogP contribution >= 0.6 is 0 Å². The third kappa shape index (κ3) is 4.12. The highest BCUT2D eigenvalue weighted by atomic mass is 16.5. The second kappa shape index (κ2) is 8.35. The molecule has 0 aliphatic carbocycles. The number of likely N-dealkylation sites (tertiary alicyclic amines) is 1. The lowest BCUT2D eigenvalue weighted by Crippen LogP contribution is -2.34. The fourth-order valence-corrected chi connectivity index (χ4v) is 3.89. The maximum absolute atomic E-state index is 5.95. The van der Waals surface area contributed by atoms with E-state index in [1.165, 1.54) is 5.56 Å². The summed E-state index contributed by atoms with van der Waals surface area (Å²) in [7, 11) is 1.67. The summed E-state index contributed by atoms with van der Waals surface area (Å²) in [5, 5.41) is 0. The Morgan fingerprint density at radius 3 is 2.79 bits per heavy atom. The molecule has 1 fully saturated rings. The molecule has 0 spiro atoms. The summed E-state index contributed by atoms with van der Waals surface area (Å²) < 4.78 is 5.28. The zero-order chi connectivity index (χ0) is 19.3. The predicted octanol–water partition coefficient (Wildman–Crippen LogP) is 3.51. The molecule has 0 bridgehead atoms. The van der Waals surface area contributed by atoms with Crippen LogP contribution in [0, 0.1) is 0 Å². The van der Waals surface area contributed by atoms with Gasteiger partial charge in [0.25, 0.3) is 0 Å². The predicted molar refractivity (Wildman–Crippen MR) is 110 cm³/mol. The molecule has 0 unspecified atom stereocenters. The minimum absolute atomic E-state index is 0.327. The van der Waals surface area contributed by atoms with Crippen molar-refractivity contribution in [3.8, 4) is 16.9 Å². The Kier molecular flexibility index (Phi) is 5.48. The van der Waals surface area contributed by atoms with Gasteiger partial charge in [-0.05, 0) is 48.7 Å². The Bertz CT molecular complexity index is 914. The van der Waals surface area contributed by atoms with Crippen molar-refractivity contribution in [3.63, 3.8) is 0 Å². The van der Waals surface area contributed by atoms with Crippen molar-refractivity contribution in [2.75, 3.05) is 25.9 Å².